The van der Waals surface area contributed by atoms with Crippen LogP contribution in [-0.2, 0) is 14.3 Å². The maximum atomic E-state index is 12.0. The lowest BCUT2D eigenvalue weighted by Gasteiger charge is -2.22. The van der Waals surface area contributed by atoms with Crippen LogP contribution < -0.4 is 5.32 Å². The number of hydrogen-bond donors (Lipinski definition) is 1. The molecule has 124 valence electrons. The van der Waals surface area contributed by atoms with Gasteiger partial charge in [-0.1, -0.05) is 43.0 Å². The Labute approximate surface area is 141 Å². The zero-order valence-electron chi connectivity index (χ0n) is 13.1. The van der Waals surface area contributed by atoms with Crippen LogP contribution in [0.1, 0.15) is 50.0 Å². The molecule has 0 radical (unpaired) electrons. The van der Waals surface area contributed by atoms with Crippen molar-refractivity contribution in [3.8, 4) is 0 Å². The van der Waals surface area contributed by atoms with E-state index in [9.17, 15) is 9.59 Å². The molecule has 1 aromatic rings. The lowest BCUT2D eigenvalue weighted by Crippen LogP contribution is -2.38. The van der Waals surface area contributed by atoms with E-state index in [0.717, 1.165) is 37.7 Å². The average molecular weight is 336 g/mol. The van der Waals surface area contributed by atoms with Gasteiger partial charge in [0.05, 0.1) is 5.92 Å². The predicted molar refractivity (Wildman–Crippen MR) is 88.3 cm³/mol. The molecule has 1 N–H and O–H groups in total. The second kappa shape index (κ2) is 7.35. The lowest BCUT2D eigenvalue weighted by molar-refractivity contribution is -0.150. The fourth-order valence-corrected chi connectivity index (χ4v) is 3.42. The van der Waals surface area contributed by atoms with Crippen molar-refractivity contribution in [1.29, 1.82) is 0 Å². The molecule has 2 atom stereocenters. The zero-order valence-corrected chi connectivity index (χ0v) is 13.8. The summed E-state index contributed by atoms with van der Waals surface area (Å²) in [5.74, 6) is -0.391. The fraction of sp³-hybridized carbons (Fsp3) is 0.556. The van der Waals surface area contributed by atoms with E-state index >= 15 is 0 Å². The molecule has 0 bridgehead atoms. The van der Waals surface area contributed by atoms with Gasteiger partial charge in [-0.3, -0.25) is 9.59 Å². The number of ether oxygens (including phenoxy) is 1. The minimum atomic E-state index is -0.274. The van der Waals surface area contributed by atoms with Crippen LogP contribution in [0.5, 0.6) is 0 Å². The highest BCUT2D eigenvalue weighted by Crippen LogP contribution is 2.48. The summed E-state index contributed by atoms with van der Waals surface area (Å²) >= 11 is 5.86. The van der Waals surface area contributed by atoms with E-state index in [0.29, 0.717) is 5.02 Å². The molecular formula is C18H22ClNO3. The van der Waals surface area contributed by atoms with E-state index < -0.39 is 0 Å². The molecule has 2 saturated carbocycles. The van der Waals surface area contributed by atoms with Crippen molar-refractivity contribution in [1.82, 2.24) is 5.32 Å². The topological polar surface area (TPSA) is 55.4 Å². The Balaban J connectivity index is 1.40. The van der Waals surface area contributed by atoms with Gasteiger partial charge in [-0.25, -0.2) is 0 Å². The molecule has 3 rings (SSSR count). The van der Waals surface area contributed by atoms with Crippen molar-refractivity contribution in [3.05, 3.63) is 34.9 Å². The number of hydrogen-bond acceptors (Lipinski definition) is 3. The number of nitrogens with one attached hydrogen (secondary N) is 1. The summed E-state index contributed by atoms with van der Waals surface area (Å²) in [6, 6.07) is 7.79. The van der Waals surface area contributed by atoms with E-state index in [2.05, 4.69) is 5.32 Å². The fourth-order valence-electron chi connectivity index (χ4n) is 3.29. The van der Waals surface area contributed by atoms with Gasteiger partial charge in [-0.05, 0) is 42.9 Å². The molecule has 2 unspecified atom stereocenters. The first-order chi connectivity index (χ1) is 11.1. The number of carbonyl (C=O) groups is 2. The van der Waals surface area contributed by atoms with Gasteiger partial charge in [0.15, 0.2) is 6.61 Å². The minimum absolute atomic E-state index is 0.126. The van der Waals surface area contributed by atoms with Crippen molar-refractivity contribution in [2.24, 2.45) is 5.92 Å². The predicted octanol–water partition coefficient (Wildman–Crippen LogP) is 3.44. The maximum absolute atomic E-state index is 12.0. The van der Waals surface area contributed by atoms with Crippen molar-refractivity contribution >= 4 is 23.5 Å². The van der Waals surface area contributed by atoms with Crippen LogP contribution >= 0.6 is 11.6 Å². The Kier molecular flexibility index (Phi) is 5.21. The molecule has 2 fully saturated rings. The number of rotatable bonds is 5. The number of carbonyl (C=O) groups excluding carboxylic acids is 2. The van der Waals surface area contributed by atoms with Crippen LogP contribution in [0, 0.1) is 5.92 Å². The van der Waals surface area contributed by atoms with Gasteiger partial charge in [0.1, 0.15) is 0 Å². The Morgan fingerprint density at radius 3 is 2.52 bits per heavy atom. The molecule has 5 heteroatoms. The molecule has 0 heterocycles. The van der Waals surface area contributed by atoms with Gasteiger partial charge < -0.3 is 10.1 Å². The van der Waals surface area contributed by atoms with Crippen molar-refractivity contribution in [3.63, 3.8) is 0 Å². The third-order valence-electron chi connectivity index (χ3n) is 4.71. The quantitative estimate of drug-likeness (QED) is 0.839. The van der Waals surface area contributed by atoms with E-state index in [1.165, 1.54) is 6.42 Å². The summed E-state index contributed by atoms with van der Waals surface area (Å²) < 4.78 is 5.17. The molecule has 4 nitrogen and oxygen atoms in total. The summed E-state index contributed by atoms with van der Waals surface area (Å²) in [7, 11) is 0. The molecule has 2 aliphatic rings. The highest BCUT2D eigenvalue weighted by molar-refractivity contribution is 6.30. The van der Waals surface area contributed by atoms with Crippen LogP contribution in [0.4, 0.5) is 0 Å². The Morgan fingerprint density at radius 1 is 1.13 bits per heavy atom. The molecule has 1 amide bonds. The second-order valence-electron chi connectivity index (χ2n) is 6.51. The Morgan fingerprint density at radius 2 is 1.83 bits per heavy atom. The van der Waals surface area contributed by atoms with E-state index in [1.54, 1.807) is 0 Å². The van der Waals surface area contributed by atoms with Crippen LogP contribution in [-0.4, -0.2) is 24.5 Å². The van der Waals surface area contributed by atoms with E-state index in [1.807, 2.05) is 24.3 Å². The number of amides is 1. The number of benzene rings is 1. The molecule has 2 aliphatic carbocycles. The summed E-state index contributed by atoms with van der Waals surface area (Å²) in [6.07, 6.45) is 6.41. The molecule has 0 aliphatic heterocycles. The molecule has 0 saturated heterocycles. The van der Waals surface area contributed by atoms with Crippen molar-refractivity contribution < 1.29 is 14.3 Å². The lowest BCUT2D eigenvalue weighted by atomic mass is 9.95. The smallest absolute Gasteiger partial charge is 0.310 e. The number of esters is 1. The van der Waals surface area contributed by atoms with Crippen molar-refractivity contribution in [2.45, 2.75) is 50.5 Å². The summed E-state index contributed by atoms with van der Waals surface area (Å²) in [6.45, 7) is -0.167. The molecule has 1 aromatic carbocycles. The van der Waals surface area contributed by atoms with Gasteiger partial charge >= 0.3 is 5.97 Å². The SMILES string of the molecule is O=C(COC(=O)C1CC1c1ccc(Cl)cc1)NC1CCCCC1. The second-order valence-corrected chi connectivity index (χ2v) is 6.95. The Bertz CT molecular complexity index is 566. The van der Waals surface area contributed by atoms with E-state index in [4.69, 9.17) is 16.3 Å². The van der Waals surface area contributed by atoms with Gasteiger partial charge in [0.25, 0.3) is 5.91 Å². The van der Waals surface area contributed by atoms with Crippen LogP contribution in [0.15, 0.2) is 24.3 Å². The maximum Gasteiger partial charge on any atom is 0.310 e. The summed E-state index contributed by atoms with van der Waals surface area (Å²) in [4.78, 5) is 23.9. The highest BCUT2D eigenvalue weighted by atomic mass is 35.5. The monoisotopic (exact) mass is 335 g/mol. The number of halogens is 1. The largest absolute Gasteiger partial charge is 0.455 e. The third-order valence-corrected chi connectivity index (χ3v) is 4.96. The first-order valence-corrected chi connectivity index (χ1v) is 8.73. The van der Waals surface area contributed by atoms with Gasteiger partial charge in [0.2, 0.25) is 0 Å². The standard InChI is InChI=1S/C18H22ClNO3/c19-13-8-6-12(7-9-13)15-10-16(15)18(22)23-11-17(21)20-14-4-2-1-3-5-14/h6-9,14-16H,1-5,10-11H2,(H,20,21). The van der Waals surface area contributed by atoms with Crippen LogP contribution in [0.3, 0.4) is 0 Å². The van der Waals surface area contributed by atoms with Gasteiger partial charge in [-0.15, -0.1) is 0 Å². The van der Waals surface area contributed by atoms with Gasteiger partial charge in [-0.2, -0.15) is 0 Å². The minimum Gasteiger partial charge on any atom is -0.455 e. The van der Waals surface area contributed by atoms with Crippen LogP contribution in [0.2, 0.25) is 5.02 Å². The van der Waals surface area contributed by atoms with Crippen LogP contribution in [0.25, 0.3) is 0 Å². The zero-order chi connectivity index (χ0) is 16.2. The molecule has 0 aromatic heterocycles. The molecular weight excluding hydrogens is 314 g/mol. The van der Waals surface area contributed by atoms with Gasteiger partial charge in [0, 0.05) is 11.1 Å². The Hall–Kier alpha value is -1.55. The first-order valence-electron chi connectivity index (χ1n) is 8.35. The average Bonchev–Trinajstić information content (AvgIpc) is 3.35. The summed E-state index contributed by atoms with van der Waals surface area (Å²) in [5.41, 5.74) is 1.10. The molecule has 0 spiro atoms. The molecule has 23 heavy (non-hydrogen) atoms. The van der Waals surface area contributed by atoms with E-state index in [-0.39, 0.29) is 36.4 Å². The normalized spacial score (nSPS) is 24.0. The first kappa shape index (κ1) is 16.3. The highest BCUT2D eigenvalue weighted by Gasteiger charge is 2.45. The van der Waals surface area contributed by atoms with Crippen molar-refractivity contribution in [2.75, 3.05) is 6.61 Å². The summed E-state index contributed by atoms with van der Waals surface area (Å²) in [5, 5.41) is 3.64. The third kappa shape index (κ3) is 4.47.